The summed E-state index contributed by atoms with van der Waals surface area (Å²) in [4.78, 5) is 11.9. The Kier molecular flexibility index (Phi) is 1.18. The summed E-state index contributed by atoms with van der Waals surface area (Å²) in [6.45, 7) is 1.81. The zero-order valence-corrected chi connectivity index (χ0v) is 6.52. The number of nitrogens with two attached hydrogens (primary N) is 2. The minimum atomic E-state index is 0.215. The van der Waals surface area contributed by atoms with Gasteiger partial charge in [-0.05, 0) is 6.92 Å². The number of imidazole rings is 1. The molecule has 0 saturated carbocycles. The molecule has 0 aromatic carbocycles. The molecule has 4 N–H and O–H groups in total. The lowest BCUT2D eigenvalue weighted by atomic mass is 10.4. The zero-order chi connectivity index (χ0) is 8.72. The number of hydrogen-bond donors (Lipinski definition) is 2. The van der Waals surface area contributed by atoms with E-state index in [2.05, 4.69) is 15.0 Å². The summed E-state index contributed by atoms with van der Waals surface area (Å²) in [6.07, 6.45) is 1.48. The molecule has 0 spiro atoms. The fourth-order valence-electron chi connectivity index (χ4n) is 1.08. The quantitative estimate of drug-likeness (QED) is 0.508. The SMILES string of the molecule is Cc1nc(N)nc2c1ncn2N. The van der Waals surface area contributed by atoms with Crippen molar-refractivity contribution in [1.29, 1.82) is 0 Å². The summed E-state index contributed by atoms with van der Waals surface area (Å²) >= 11 is 0. The van der Waals surface area contributed by atoms with Gasteiger partial charge in [-0.2, -0.15) is 4.98 Å². The molecule has 0 aliphatic rings. The number of aromatic nitrogens is 4. The maximum atomic E-state index is 5.52. The van der Waals surface area contributed by atoms with Crippen molar-refractivity contribution in [3.8, 4) is 0 Å². The summed E-state index contributed by atoms with van der Waals surface area (Å²) in [5.41, 5.74) is 7.41. The predicted molar refractivity (Wildman–Crippen MR) is 44.6 cm³/mol. The van der Waals surface area contributed by atoms with Crippen LogP contribution in [0.2, 0.25) is 0 Å². The lowest BCUT2D eigenvalue weighted by molar-refractivity contribution is 1.01. The van der Waals surface area contributed by atoms with Crippen molar-refractivity contribution in [3.05, 3.63) is 12.0 Å². The molecule has 2 aromatic rings. The molecule has 2 aromatic heterocycles. The molecule has 6 heteroatoms. The van der Waals surface area contributed by atoms with Crippen LogP contribution in [0.3, 0.4) is 0 Å². The molecule has 0 bridgehead atoms. The average Bonchev–Trinajstić information content (AvgIpc) is 2.33. The molecule has 6 nitrogen and oxygen atoms in total. The Morgan fingerprint density at radius 3 is 2.92 bits per heavy atom. The minimum absolute atomic E-state index is 0.215. The fourth-order valence-corrected chi connectivity index (χ4v) is 1.08. The first-order valence-electron chi connectivity index (χ1n) is 3.40. The summed E-state index contributed by atoms with van der Waals surface area (Å²) in [7, 11) is 0. The second-order valence-electron chi connectivity index (χ2n) is 2.49. The van der Waals surface area contributed by atoms with Gasteiger partial charge in [-0.3, -0.25) is 0 Å². The highest BCUT2D eigenvalue weighted by Gasteiger charge is 2.06. The number of hydrogen-bond acceptors (Lipinski definition) is 5. The number of anilines is 1. The molecule has 0 aliphatic heterocycles. The molecule has 0 saturated heterocycles. The number of aryl methyl sites for hydroxylation is 1. The Balaban J connectivity index is 2.92. The summed E-state index contributed by atoms with van der Waals surface area (Å²) in [5.74, 6) is 5.74. The van der Waals surface area contributed by atoms with E-state index >= 15 is 0 Å². The predicted octanol–water partition coefficient (Wildman–Crippen LogP) is -0.569. The van der Waals surface area contributed by atoms with Gasteiger partial charge in [0.15, 0.2) is 5.65 Å². The highest BCUT2D eigenvalue weighted by Crippen LogP contribution is 2.11. The third-order valence-electron chi connectivity index (χ3n) is 1.61. The van der Waals surface area contributed by atoms with Crippen LogP contribution in [0, 0.1) is 6.92 Å². The van der Waals surface area contributed by atoms with Gasteiger partial charge in [-0.1, -0.05) is 0 Å². The van der Waals surface area contributed by atoms with Gasteiger partial charge in [0, 0.05) is 0 Å². The number of fused-ring (bicyclic) bond motifs is 1. The minimum Gasteiger partial charge on any atom is -0.368 e. The average molecular weight is 164 g/mol. The van der Waals surface area contributed by atoms with Gasteiger partial charge in [-0.25, -0.2) is 14.6 Å². The van der Waals surface area contributed by atoms with Gasteiger partial charge < -0.3 is 11.6 Å². The van der Waals surface area contributed by atoms with Gasteiger partial charge in [0.1, 0.15) is 11.8 Å². The van der Waals surface area contributed by atoms with E-state index in [9.17, 15) is 0 Å². The lowest BCUT2D eigenvalue weighted by Crippen LogP contribution is -2.08. The third kappa shape index (κ3) is 0.777. The number of nitrogens with zero attached hydrogens (tertiary/aromatic N) is 4. The molecule has 0 aliphatic carbocycles. The Morgan fingerprint density at radius 1 is 1.42 bits per heavy atom. The van der Waals surface area contributed by atoms with Gasteiger partial charge in [0.2, 0.25) is 5.95 Å². The molecule has 0 unspecified atom stereocenters. The largest absolute Gasteiger partial charge is 0.368 e. The zero-order valence-electron chi connectivity index (χ0n) is 6.52. The Labute approximate surface area is 68.2 Å². The smallest absolute Gasteiger partial charge is 0.222 e. The van der Waals surface area contributed by atoms with Crippen LogP contribution < -0.4 is 11.6 Å². The summed E-state index contributed by atoms with van der Waals surface area (Å²) in [5, 5.41) is 0. The molecular formula is C6H8N6. The molecule has 0 amide bonds. The van der Waals surface area contributed by atoms with E-state index in [-0.39, 0.29) is 5.95 Å². The number of nitrogen functional groups attached to an aromatic ring is 2. The van der Waals surface area contributed by atoms with E-state index in [0.717, 1.165) is 5.69 Å². The first kappa shape index (κ1) is 6.84. The van der Waals surface area contributed by atoms with E-state index in [4.69, 9.17) is 11.6 Å². The van der Waals surface area contributed by atoms with Crippen LogP contribution in [0.4, 0.5) is 5.95 Å². The Morgan fingerprint density at radius 2 is 2.17 bits per heavy atom. The summed E-state index contributed by atoms with van der Waals surface area (Å²) in [6, 6.07) is 0. The Bertz CT molecular complexity index is 431. The van der Waals surface area contributed by atoms with Crippen molar-refractivity contribution in [2.24, 2.45) is 0 Å². The van der Waals surface area contributed by atoms with Crippen LogP contribution in [0.25, 0.3) is 11.2 Å². The van der Waals surface area contributed by atoms with E-state index in [1.807, 2.05) is 6.92 Å². The third-order valence-corrected chi connectivity index (χ3v) is 1.61. The van der Waals surface area contributed by atoms with Crippen molar-refractivity contribution in [2.45, 2.75) is 6.92 Å². The van der Waals surface area contributed by atoms with Crippen molar-refractivity contribution in [1.82, 2.24) is 19.6 Å². The van der Waals surface area contributed by atoms with Gasteiger partial charge in [-0.15, -0.1) is 0 Å². The van der Waals surface area contributed by atoms with Crippen molar-refractivity contribution in [3.63, 3.8) is 0 Å². The first-order valence-corrected chi connectivity index (χ1v) is 3.40. The van der Waals surface area contributed by atoms with Crippen LogP contribution in [-0.2, 0) is 0 Å². The normalized spacial score (nSPS) is 10.8. The molecule has 2 rings (SSSR count). The first-order chi connectivity index (χ1) is 5.68. The van der Waals surface area contributed by atoms with Gasteiger partial charge >= 0.3 is 0 Å². The maximum Gasteiger partial charge on any atom is 0.222 e. The molecule has 0 atom stereocenters. The molecule has 62 valence electrons. The fraction of sp³-hybridized carbons (Fsp3) is 0.167. The lowest BCUT2D eigenvalue weighted by Gasteiger charge is -1.96. The second-order valence-corrected chi connectivity index (χ2v) is 2.49. The molecule has 2 heterocycles. The van der Waals surface area contributed by atoms with E-state index in [1.54, 1.807) is 0 Å². The molecule has 0 radical (unpaired) electrons. The molecule has 0 fully saturated rings. The van der Waals surface area contributed by atoms with Crippen molar-refractivity contribution < 1.29 is 0 Å². The van der Waals surface area contributed by atoms with Crippen LogP contribution >= 0.6 is 0 Å². The highest BCUT2D eigenvalue weighted by molar-refractivity contribution is 5.74. The van der Waals surface area contributed by atoms with Crippen LogP contribution in [0.1, 0.15) is 5.69 Å². The van der Waals surface area contributed by atoms with Gasteiger partial charge in [0.25, 0.3) is 0 Å². The van der Waals surface area contributed by atoms with Crippen molar-refractivity contribution >= 4 is 17.1 Å². The van der Waals surface area contributed by atoms with E-state index in [1.165, 1.54) is 11.0 Å². The number of rotatable bonds is 0. The summed E-state index contributed by atoms with van der Waals surface area (Å²) < 4.78 is 1.32. The highest BCUT2D eigenvalue weighted by atomic mass is 15.3. The molecule has 12 heavy (non-hydrogen) atoms. The van der Waals surface area contributed by atoms with E-state index in [0.29, 0.717) is 11.2 Å². The van der Waals surface area contributed by atoms with Crippen LogP contribution in [-0.4, -0.2) is 19.6 Å². The van der Waals surface area contributed by atoms with Crippen LogP contribution in [0.5, 0.6) is 0 Å². The standard InChI is InChI=1S/C6H8N6/c1-3-4-5(11-6(7)10-3)12(8)2-9-4/h2H,8H2,1H3,(H2,7,10,11). The van der Waals surface area contributed by atoms with E-state index < -0.39 is 0 Å². The topological polar surface area (TPSA) is 95.6 Å². The van der Waals surface area contributed by atoms with Crippen LogP contribution in [0.15, 0.2) is 6.33 Å². The second kappa shape index (κ2) is 2.07. The van der Waals surface area contributed by atoms with Crippen molar-refractivity contribution in [2.75, 3.05) is 11.6 Å². The molecular weight excluding hydrogens is 156 g/mol. The maximum absolute atomic E-state index is 5.52. The Hall–Kier alpha value is -1.85. The van der Waals surface area contributed by atoms with Gasteiger partial charge in [0.05, 0.1) is 5.69 Å². The monoisotopic (exact) mass is 164 g/mol.